The van der Waals surface area contributed by atoms with Crippen molar-refractivity contribution in [3.63, 3.8) is 0 Å². The second-order valence-corrected chi connectivity index (χ2v) is 9.18. The zero-order chi connectivity index (χ0) is 15.7. The summed E-state index contributed by atoms with van der Waals surface area (Å²) in [5, 5.41) is 0. The lowest BCUT2D eigenvalue weighted by molar-refractivity contribution is -0.152. The molecular formula is C16H27NO4S. The minimum atomic E-state index is -3.11. The smallest absolute Gasteiger partial charge is 0.309 e. The fourth-order valence-electron chi connectivity index (χ4n) is 4.10. The highest BCUT2D eigenvalue weighted by Crippen LogP contribution is 2.50. The number of carbonyl (C=O) groups excluding carboxylic acids is 1. The molecule has 1 aliphatic heterocycles. The van der Waals surface area contributed by atoms with E-state index < -0.39 is 10.0 Å². The quantitative estimate of drug-likeness (QED) is 0.742. The summed E-state index contributed by atoms with van der Waals surface area (Å²) in [7, 11) is -3.11. The highest BCUT2D eigenvalue weighted by Gasteiger charge is 2.49. The van der Waals surface area contributed by atoms with E-state index in [0.717, 1.165) is 12.3 Å². The highest BCUT2D eigenvalue weighted by atomic mass is 32.2. The van der Waals surface area contributed by atoms with E-state index in [2.05, 4.69) is 0 Å². The molecule has 3 rings (SSSR count). The number of esters is 1. The number of hydrogen-bond acceptors (Lipinski definition) is 4. The van der Waals surface area contributed by atoms with Gasteiger partial charge in [0.05, 0.1) is 12.2 Å². The maximum atomic E-state index is 12.3. The van der Waals surface area contributed by atoms with Crippen molar-refractivity contribution in [2.45, 2.75) is 57.5 Å². The molecule has 3 aliphatic rings. The van der Waals surface area contributed by atoms with Gasteiger partial charge in [0.15, 0.2) is 0 Å². The van der Waals surface area contributed by atoms with Gasteiger partial charge < -0.3 is 4.74 Å². The van der Waals surface area contributed by atoms with Crippen LogP contribution in [0.15, 0.2) is 0 Å². The van der Waals surface area contributed by atoms with Crippen LogP contribution in [0.5, 0.6) is 0 Å². The van der Waals surface area contributed by atoms with E-state index in [1.165, 1.54) is 42.7 Å². The van der Waals surface area contributed by atoms with Crippen LogP contribution >= 0.6 is 0 Å². The second-order valence-electron chi connectivity index (χ2n) is 7.20. The number of nitrogens with zero attached hydrogens (tertiary/aromatic N) is 1. The first-order valence-corrected chi connectivity index (χ1v) is 10.5. The molecule has 0 bridgehead atoms. The van der Waals surface area contributed by atoms with Crippen molar-refractivity contribution >= 4 is 16.0 Å². The fourth-order valence-corrected chi connectivity index (χ4v) is 4.98. The number of ether oxygens (including phenoxy) is 1. The van der Waals surface area contributed by atoms with Crippen LogP contribution in [0.3, 0.4) is 0 Å². The third-order valence-corrected chi connectivity index (χ3v) is 6.85. The van der Waals surface area contributed by atoms with Crippen molar-refractivity contribution in [1.82, 2.24) is 4.31 Å². The summed E-state index contributed by atoms with van der Waals surface area (Å²) in [5.74, 6) is 1.38. The topological polar surface area (TPSA) is 63.7 Å². The maximum Gasteiger partial charge on any atom is 0.309 e. The predicted octanol–water partition coefficient (Wildman–Crippen LogP) is 2.17. The summed E-state index contributed by atoms with van der Waals surface area (Å²) >= 11 is 0. The summed E-state index contributed by atoms with van der Waals surface area (Å²) in [6.07, 6.45) is 9.92. The van der Waals surface area contributed by atoms with E-state index in [9.17, 15) is 13.2 Å². The molecule has 0 aromatic rings. The molecule has 0 aromatic carbocycles. The van der Waals surface area contributed by atoms with Crippen molar-refractivity contribution in [2.75, 3.05) is 19.3 Å². The molecule has 3 fully saturated rings. The largest absolute Gasteiger partial charge is 0.462 e. The van der Waals surface area contributed by atoms with Crippen LogP contribution in [0.2, 0.25) is 0 Å². The van der Waals surface area contributed by atoms with E-state index in [1.54, 1.807) is 0 Å². The average Bonchev–Trinajstić information content (AvgIpc) is 3.28. The Balaban J connectivity index is 1.42. The van der Waals surface area contributed by atoms with Gasteiger partial charge in [-0.3, -0.25) is 4.79 Å². The van der Waals surface area contributed by atoms with Crippen molar-refractivity contribution in [2.24, 2.45) is 17.8 Å². The van der Waals surface area contributed by atoms with Gasteiger partial charge in [0.25, 0.3) is 0 Å². The molecule has 0 radical (unpaired) electrons. The summed E-state index contributed by atoms with van der Waals surface area (Å²) in [5.41, 5.74) is 0. The lowest BCUT2D eigenvalue weighted by Crippen LogP contribution is -2.41. The van der Waals surface area contributed by atoms with Crippen molar-refractivity contribution in [3.8, 4) is 0 Å². The molecule has 1 heterocycles. The average molecular weight is 329 g/mol. The van der Waals surface area contributed by atoms with Crippen LogP contribution in [0.1, 0.15) is 51.4 Å². The van der Waals surface area contributed by atoms with Crippen LogP contribution in [0, 0.1) is 17.8 Å². The summed E-state index contributed by atoms with van der Waals surface area (Å²) in [4.78, 5) is 12.3. The normalized spacial score (nSPS) is 31.9. The minimum absolute atomic E-state index is 0.0339. The molecule has 6 heteroatoms. The molecule has 126 valence electrons. The van der Waals surface area contributed by atoms with E-state index >= 15 is 0 Å². The molecule has 1 saturated heterocycles. The van der Waals surface area contributed by atoms with Crippen LogP contribution < -0.4 is 0 Å². The number of carbonyl (C=O) groups is 1. The molecule has 2 atom stereocenters. The van der Waals surface area contributed by atoms with Crippen LogP contribution in [0.4, 0.5) is 0 Å². The molecule has 0 amide bonds. The third-order valence-electron chi connectivity index (χ3n) is 5.55. The lowest BCUT2D eigenvalue weighted by Gasteiger charge is -2.30. The Hall–Kier alpha value is -0.620. The first-order valence-electron chi connectivity index (χ1n) is 8.61. The predicted molar refractivity (Wildman–Crippen MR) is 83.7 cm³/mol. The standard InChI is InChI=1S/C16H27NO4S/c1-22(19,20)17-9-7-13(8-10-17)21-16(18)15-11-14(15)12-5-3-2-4-6-12/h12-15H,2-11H2,1H3/t14-,15-/m1/s1. The minimum Gasteiger partial charge on any atom is -0.462 e. The Kier molecular flexibility index (Phi) is 4.78. The number of piperidine rings is 1. The monoisotopic (exact) mass is 329 g/mol. The number of hydrogen-bond donors (Lipinski definition) is 0. The van der Waals surface area contributed by atoms with Gasteiger partial charge in [0.2, 0.25) is 10.0 Å². The first kappa shape index (κ1) is 16.2. The lowest BCUT2D eigenvalue weighted by atomic mass is 9.85. The van der Waals surface area contributed by atoms with Gasteiger partial charge in [-0.15, -0.1) is 0 Å². The Morgan fingerprint density at radius 3 is 2.27 bits per heavy atom. The van der Waals surface area contributed by atoms with Crippen LogP contribution in [-0.2, 0) is 19.6 Å². The van der Waals surface area contributed by atoms with Gasteiger partial charge in [-0.2, -0.15) is 0 Å². The molecule has 0 N–H and O–H groups in total. The van der Waals surface area contributed by atoms with Gasteiger partial charge in [-0.1, -0.05) is 32.1 Å². The van der Waals surface area contributed by atoms with Crippen LogP contribution in [-0.4, -0.2) is 44.1 Å². The molecule has 0 spiro atoms. The Labute approximate surface area is 133 Å². The van der Waals surface area contributed by atoms with Crippen molar-refractivity contribution in [3.05, 3.63) is 0 Å². The number of sulfonamides is 1. The maximum absolute atomic E-state index is 12.3. The van der Waals surface area contributed by atoms with E-state index in [1.807, 2.05) is 0 Å². The van der Waals surface area contributed by atoms with Crippen LogP contribution in [0.25, 0.3) is 0 Å². The van der Waals surface area contributed by atoms with Gasteiger partial charge in [-0.05, 0) is 31.1 Å². The zero-order valence-corrected chi connectivity index (χ0v) is 14.2. The Morgan fingerprint density at radius 2 is 1.68 bits per heavy atom. The number of rotatable bonds is 4. The van der Waals surface area contributed by atoms with Gasteiger partial charge >= 0.3 is 5.97 Å². The molecule has 2 aliphatic carbocycles. The summed E-state index contributed by atoms with van der Waals surface area (Å²) in [6, 6.07) is 0. The van der Waals surface area contributed by atoms with Gasteiger partial charge in [0, 0.05) is 13.1 Å². The fraction of sp³-hybridized carbons (Fsp3) is 0.938. The molecule has 22 heavy (non-hydrogen) atoms. The van der Waals surface area contributed by atoms with Crippen molar-refractivity contribution in [1.29, 1.82) is 0 Å². The Bertz CT molecular complexity index is 504. The van der Waals surface area contributed by atoms with Gasteiger partial charge in [-0.25, -0.2) is 12.7 Å². The molecular weight excluding hydrogens is 302 g/mol. The van der Waals surface area contributed by atoms with Gasteiger partial charge in [0.1, 0.15) is 6.10 Å². The highest BCUT2D eigenvalue weighted by molar-refractivity contribution is 7.88. The summed E-state index contributed by atoms with van der Waals surface area (Å²) < 4.78 is 30.0. The molecule has 2 saturated carbocycles. The molecule has 0 unspecified atom stereocenters. The Morgan fingerprint density at radius 1 is 1.05 bits per heavy atom. The molecule has 5 nitrogen and oxygen atoms in total. The zero-order valence-electron chi connectivity index (χ0n) is 13.4. The van der Waals surface area contributed by atoms with E-state index in [0.29, 0.717) is 31.8 Å². The first-order chi connectivity index (χ1) is 10.4. The van der Waals surface area contributed by atoms with E-state index in [-0.39, 0.29) is 18.0 Å². The van der Waals surface area contributed by atoms with E-state index in [4.69, 9.17) is 4.74 Å². The third kappa shape index (κ3) is 3.82. The molecule has 0 aromatic heterocycles. The second kappa shape index (κ2) is 6.48. The van der Waals surface area contributed by atoms with Crippen molar-refractivity contribution < 1.29 is 17.9 Å². The summed E-state index contributed by atoms with van der Waals surface area (Å²) in [6.45, 7) is 0.932. The SMILES string of the molecule is CS(=O)(=O)N1CCC(OC(=O)[C@@H]2C[C@@H]2C2CCCCC2)CC1.